The number of hydrogen-bond donors (Lipinski definition) is 2. The van der Waals surface area contributed by atoms with Crippen molar-refractivity contribution in [2.45, 2.75) is 6.42 Å². The second kappa shape index (κ2) is 6.39. The van der Waals surface area contributed by atoms with Gasteiger partial charge in [0.25, 0.3) is 0 Å². The number of aromatic nitrogens is 3. The van der Waals surface area contributed by atoms with Gasteiger partial charge in [-0.05, 0) is 24.3 Å². The first-order valence-electron chi connectivity index (χ1n) is 7.98. The molecule has 3 aromatic rings. The Morgan fingerprint density at radius 2 is 2.08 bits per heavy atom. The molecular formula is C17H16FN5O2. The average molecular weight is 341 g/mol. The van der Waals surface area contributed by atoms with Crippen LogP contribution in [0, 0.1) is 5.82 Å². The first kappa shape index (κ1) is 15.4. The maximum Gasteiger partial charge on any atom is 0.221 e. The number of benzene rings is 1. The Labute approximate surface area is 142 Å². The molecule has 2 N–H and O–H groups in total. The van der Waals surface area contributed by atoms with Crippen LogP contribution >= 0.6 is 0 Å². The van der Waals surface area contributed by atoms with E-state index in [0.29, 0.717) is 54.5 Å². The number of carbonyl (C=O) groups is 1. The lowest BCUT2D eigenvalue weighted by molar-refractivity contribution is -0.120. The Bertz CT molecular complexity index is 940. The zero-order valence-electron chi connectivity index (χ0n) is 13.3. The molecule has 0 unspecified atom stereocenters. The zero-order valence-corrected chi connectivity index (χ0v) is 13.3. The summed E-state index contributed by atoms with van der Waals surface area (Å²) in [5, 5.41) is 10.1. The van der Waals surface area contributed by atoms with Gasteiger partial charge in [0.2, 0.25) is 5.91 Å². The molecule has 0 saturated heterocycles. The van der Waals surface area contributed by atoms with Crippen LogP contribution in [-0.4, -0.2) is 40.2 Å². The molecule has 4 rings (SSSR count). The van der Waals surface area contributed by atoms with Crippen molar-refractivity contribution in [2.24, 2.45) is 0 Å². The number of ether oxygens (including phenoxy) is 1. The number of rotatable bonds is 0. The van der Waals surface area contributed by atoms with E-state index in [2.05, 4.69) is 20.7 Å². The van der Waals surface area contributed by atoms with E-state index in [1.54, 1.807) is 35.1 Å². The van der Waals surface area contributed by atoms with Crippen LogP contribution in [0.5, 0.6) is 5.75 Å². The van der Waals surface area contributed by atoms with Crippen molar-refractivity contribution in [3.63, 3.8) is 0 Å². The van der Waals surface area contributed by atoms with Gasteiger partial charge in [-0.2, -0.15) is 5.10 Å². The molecule has 8 heteroatoms. The summed E-state index contributed by atoms with van der Waals surface area (Å²) in [5.74, 6) is 0.677. The van der Waals surface area contributed by atoms with Gasteiger partial charge in [-0.15, -0.1) is 0 Å². The lowest BCUT2D eigenvalue weighted by Crippen LogP contribution is -2.29. The molecule has 7 nitrogen and oxygen atoms in total. The Morgan fingerprint density at radius 3 is 3.00 bits per heavy atom. The third kappa shape index (κ3) is 3.10. The van der Waals surface area contributed by atoms with Crippen molar-refractivity contribution in [3.8, 4) is 16.9 Å². The minimum atomic E-state index is -0.375. The van der Waals surface area contributed by atoms with E-state index >= 15 is 0 Å². The summed E-state index contributed by atoms with van der Waals surface area (Å²) in [7, 11) is 0. The fourth-order valence-electron chi connectivity index (χ4n) is 2.71. The molecule has 0 radical (unpaired) electrons. The fraction of sp³-hybridized carbons (Fsp3) is 0.235. The van der Waals surface area contributed by atoms with Gasteiger partial charge in [0.15, 0.2) is 5.65 Å². The normalized spacial score (nSPS) is 15.0. The molecule has 1 aliphatic rings. The molecule has 0 saturated carbocycles. The molecule has 25 heavy (non-hydrogen) atoms. The maximum atomic E-state index is 14.4. The van der Waals surface area contributed by atoms with E-state index < -0.39 is 0 Å². The number of hydrogen-bond acceptors (Lipinski definition) is 5. The Balaban J connectivity index is 1.81. The number of fused-ring (bicyclic) bond motifs is 4. The highest BCUT2D eigenvalue weighted by Crippen LogP contribution is 2.30. The third-order valence-electron chi connectivity index (χ3n) is 3.95. The topological polar surface area (TPSA) is 80.6 Å². The quantitative estimate of drug-likeness (QED) is 0.652. The molecular weight excluding hydrogens is 325 g/mol. The van der Waals surface area contributed by atoms with Gasteiger partial charge < -0.3 is 15.4 Å². The third-order valence-corrected chi connectivity index (χ3v) is 3.95. The molecule has 2 aromatic heterocycles. The van der Waals surface area contributed by atoms with Crippen LogP contribution in [0.15, 0.2) is 36.7 Å². The van der Waals surface area contributed by atoms with Crippen LogP contribution in [-0.2, 0) is 4.79 Å². The predicted molar refractivity (Wildman–Crippen MR) is 90.0 cm³/mol. The van der Waals surface area contributed by atoms with Gasteiger partial charge >= 0.3 is 0 Å². The number of amides is 1. The number of nitrogens with zero attached hydrogens (tertiary/aromatic N) is 3. The fourth-order valence-corrected chi connectivity index (χ4v) is 2.71. The predicted octanol–water partition coefficient (Wildman–Crippen LogP) is 1.85. The van der Waals surface area contributed by atoms with Crippen molar-refractivity contribution < 1.29 is 13.9 Å². The zero-order chi connectivity index (χ0) is 17.2. The van der Waals surface area contributed by atoms with Crippen molar-refractivity contribution in [3.05, 3.63) is 42.5 Å². The van der Waals surface area contributed by atoms with Gasteiger partial charge in [-0.25, -0.2) is 13.9 Å². The van der Waals surface area contributed by atoms with Crippen molar-refractivity contribution >= 4 is 17.4 Å². The molecule has 0 aliphatic carbocycles. The van der Waals surface area contributed by atoms with E-state index in [9.17, 15) is 9.18 Å². The first-order valence-corrected chi connectivity index (χ1v) is 7.98. The highest BCUT2D eigenvalue weighted by Gasteiger charge is 2.15. The second-order valence-electron chi connectivity index (χ2n) is 5.66. The molecule has 1 aromatic carbocycles. The number of anilines is 1. The van der Waals surface area contributed by atoms with E-state index in [1.807, 2.05) is 0 Å². The Morgan fingerprint density at radius 1 is 1.16 bits per heavy atom. The molecule has 1 amide bonds. The summed E-state index contributed by atoms with van der Waals surface area (Å²) in [6.45, 7) is 1.14. The highest BCUT2D eigenvalue weighted by molar-refractivity contribution is 5.79. The molecule has 0 fully saturated rings. The van der Waals surface area contributed by atoms with Gasteiger partial charge in [0, 0.05) is 30.3 Å². The van der Waals surface area contributed by atoms with Crippen LogP contribution in [0.4, 0.5) is 10.2 Å². The summed E-state index contributed by atoms with van der Waals surface area (Å²) in [6.07, 6.45) is 3.64. The summed E-state index contributed by atoms with van der Waals surface area (Å²) < 4.78 is 21.6. The number of carbonyl (C=O) groups excluding carboxylic acids is 1. The van der Waals surface area contributed by atoms with E-state index in [1.165, 1.54) is 6.07 Å². The van der Waals surface area contributed by atoms with Crippen LogP contribution in [0.2, 0.25) is 0 Å². The maximum absolute atomic E-state index is 14.4. The minimum Gasteiger partial charge on any atom is -0.492 e. The second-order valence-corrected chi connectivity index (χ2v) is 5.66. The SMILES string of the molecule is O=C1CCNc2ccn3ncc(c3n2)-c2cc(ccc2F)OCCN1. The largest absolute Gasteiger partial charge is 0.492 e. The monoisotopic (exact) mass is 341 g/mol. The number of halogens is 1. The van der Waals surface area contributed by atoms with E-state index in [0.717, 1.165) is 0 Å². The van der Waals surface area contributed by atoms with Gasteiger partial charge in [-0.1, -0.05) is 0 Å². The van der Waals surface area contributed by atoms with Gasteiger partial charge in [-0.3, -0.25) is 4.79 Å². The van der Waals surface area contributed by atoms with Crippen LogP contribution in [0.25, 0.3) is 16.8 Å². The Hall–Kier alpha value is -3.16. The van der Waals surface area contributed by atoms with Crippen molar-refractivity contribution in [2.75, 3.05) is 25.0 Å². The smallest absolute Gasteiger partial charge is 0.221 e. The van der Waals surface area contributed by atoms with Crippen LogP contribution in [0.3, 0.4) is 0 Å². The Kier molecular flexibility index (Phi) is 3.93. The van der Waals surface area contributed by atoms with Gasteiger partial charge in [0.05, 0.1) is 12.7 Å². The van der Waals surface area contributed by atoms with E-state index in [-0.39, 0.29) is 11.7 Å². The van der Waals surface area contributed by atoms with Crippen molar-refractivity contribution in [1.29, 1.82) is 0 Å². The summed E-state index contributed by atoms with van der Waals surface area (Å²) in [6, 6.07) is 6.29. The molecule has 128 valence electrons. The average Bonchev–Trinajstić information content (AvgIpc) is 3.02. The lowest BCUT2D eigenvalue weighted by Gasteiger charge is -2.09. The molecule has 4 bridgehead atoms. The van der Waals surface area contributed by atoms with E-state index in [4.69, 9.17) is 4.74 Å². The standard InChI is InChI=1S/C17H16FN5O2/c18-14-2-1-11-9-12(14)13-10-21-23-7-4-15(22-17(13)23)19-5-3-16(24)20-6-8-25-11/h1-2,4,7,9-10H,3,5-6,8H2,(H,19,22)(H,20,24). The molecule has 0 atom stereocenters. The summed E-state index contributed by atoms with van der Waals surface area (Å²) >= 11 is 0. The molecule has 3 heterocycles. The minimum absolute atomic E-state index is 0.0723. The van der Waals surface area contributed by atoms with Gasteiger partial charge in [0.1, 0.15) is 24.0 Å². The molecule has 1 aliphatic heterocycles. The first-order chi connectivity index (χ1) is 12.2. The number of nitrogens with one attached hydrogen (secondary N) is 2. The van der Waals surface area contributed by atoms with Crippen LogP contribution in [0.1, 0.15) is 6.42 Å². The summed E-state index contributed by atoms with van der Waals surface area (Å²) in [5.41, 5.74) is 1.48. The van der Waals surface area contributed by atoms with Crippen molar-refractivity contribution in [1.82, 2.24) is 19.9 Å². The summed E-state index contributed by atoms with van der Waals surface area (Å²) in [4.78, 5) is 16.3. The van der Waals surface area contributed by atoms with Crippen LogP contribution < -0.4 is 15.4 Å². The molecule has 0 spiro atoms. The lowest BCUT2D eigenvalue weighted by atomic mass is 10.1. The highest BCUT2D eigenvalue weighted by atomic mass is 19.1.